The van der Waals surface area contributed by atoms with Crippen LogP contribution in [0.3, 0.4) is 0 Å². The summed E-state index contributed by atoms with van der Waals surface area (Å²) < 4.78 is 4.33. The molecule has 0 amide bonds. The zero-order valence-corrected chi connectivity index (χ0v) is 7.76. The topological polar surface area (TPSA) is 69.4 Å². The highest BCUT2D eigenvalue weighted by atomic mass is 79.9. The van der Waals surface area contributed by atoms with Crippen LogP contribution >= 0.6 is 15.9 Å². The minimum absolute atomic E-state index is 0.0546. The van der Waals surface area contributed by atoms with Crippen LogP contribution in [0.2, 0.25) is 0 Å². The van der Waals surface area contributed by atoms with Gasteiger partial charge in [-0.15, -0.1) is 0 Å². The van der Waals surface area contributed by atoms with E-state index in [4.69, 9.17) is 5.73 Å². The second-order valence-electron chi connectivity index (χ2n) is 1.99. The van der Waals surface area contributed by atoms with Gasteiger partial charge in [-0.25, -0.2) is 0 Å². The van der Waals surface area contributed by atoms with Crippen LogP contribution in [-0.2, 0) is 14.3 Å². The van der Waals surface area contributed by atoms with E-state index < -0.39 is 12.0 Å². The second kappa shape index (κ2) is 5.26. The SMILES string of the molecule is COC(=O)C[C@H](N)C(=O)CBr. The van der Waals surface area contributed by atoms with Crippen LogP contribution in [0.15, 0.2) is 0 Å². The normalized spacial score (nSPS) is 12.3. The number of carbonyl (C=O) groups excluding carboxylic acids is 2. The third kappa shape index (κ3) is 4.10. The van der Waals surface area contributed by atoms with Gasteiger partial charge in [0.05, 0.1) is 24.9 Å². The molecule has 64 valence electrons. The predicted molar refractivity (Wildman–Crippen MR) is 43.4 cm³/mol. The van der Waals surface area contributed by atoms with Gasteiger partial charge >= 0.3 is 5.97 Å². The van der Waals surface area contributed by atoms with Crippen LogP contribution in [0.1, 0.15) is 6.42 Å². The first-order valence-electron chi connectivity index (χ1n) is 3.03. The largest absolute Gasteiger partial charge is 0.469 e. The molecule has 0 spiro atoms. The predicted octanol–water partition coefficient (Wildman–Crippen LogP) is -0.159. The van der Waals surface area contributed by atoms with Crippen LogP contribution < -0.4 is 5.73 Å². The number of nitrogens with two attached hydrogens (primary N) is 1. The quantitative estimate of drug-likeness (QED) is 0.532. The van der Waals surface area contributed by atoms with Crippen LogP contribution in [-0.4, -0.2) is 30.2 Å². The van der Waals surface area contributed by atoms with Crippen LogP contribution in [0.25, 0.3) is 0 Å². The average molecular weight is 224 g/mol. The zero-order valence-electron chi connectivity index (χ0n) is 6.17. The Morgan fingerprint density at radius 3 is 2.55 bits per heavy atom. The summed E-state index contributed by atoms with van der Waals surface area (Å²) in [6, 6.07) is -0.748. The maximum atomic E-state index is 10.8. The summed E-state index contributed by atoms with van der Waals surface area (Å²) in [6.45, 7) is 0. The number of hydrogen-bond donors (Lipinski definition) is 1. The Balaban J connectivity index is 3.77. The first-order chi connectivity index (χ1) is 5.11. The van der Waals surface area contributed by atoms with E-state index in [0.29, 0.717) is 0 Å². The highest BCUT2D eigenvalue weighted by molar-refractivity contribution is 9.09. The molecule has 0 fully saturated rings. The van der Waals surface area contributed by atoms with Crippen molar-refractivity contribution in [1.82, 2.24) is 0 Å². The van der Waals surface area contributed by atoms with Crippen molar-refractivity contribution in [2.24, 2.45) is 5.73 Å². The van der Waals surface area contributed by atoms with Gasteiger partial charge in [-0.2, -0.15) is 0 Å². The summed E-state index contributed by atoms with van der Waals surface area (Å²) in [5.74, 6) is -0.665. The molecule has 0 bridgehead atoms. The number of Topliss-reactive ketones (excluding diaryl/α,β-unsaturated/α-hetero) is 1. The van der Waals surface area contributed by atoms with E-state index in [1.807, 2.05) is 0 Å². The molecule has 0 aromatic heterocycles. The van der Waals surface area contributed by atoms with Crippen molar-refractivity contribution < 1.29 is 14.3 Å². The molecule has 0 aliphatic heterocycles. The maximum absolute atomic E-state index is 10.8. The molecular formula is C6H10BrNO3. The summed E-state index contributed by atoms with van der Waals surface area (Å²) in [7, 11) is 1.26. The number of esters is 1. The molecule has 0 aromatic rings. The molecule has 0 aliphatic rings. The average Bonchev–Trinajstić information content (AvgIpc) is 2.02. The molecule has 4 nitrogen and oxygen atoms in total. The van der Waals surface area contributed by atoms with Crippen LogP contribution in [0.5, 0.6) is 0 Å². The van der Waals surface area contributed by atoms with Crippen molar-refractivity contribution in [3.63, 3.8) is 0 Å². The summed E-state index contributed by atoms with van der Waals surface area (Å²) in [4.78, 5) is 21.4. The Bertz CT molecular complexity index is 160. The molecule has 1 atom stereocenters. The lowest BCUT2D eigenvalue weighted by molar-refractivity contribution is -0.142. The molecule has 0 aromatic carbocycles. The zero-order chi connectivity index (χ0) is 8.85. The summed E-state index contributed by atoms with van der Waals surface area (Å²) in [5, 5.41) is 0.172. The fourth-order valence-electron chi connectivity index (χ4n) is 0.476. The highest BCUT2D eigenvalue weighted by Crippen LogP contribution is 1.95. The minimum Gasteiger partial charge on any atom is -0.469 e. The highest BCUT2D eigenvalue weighted by Gasteiger charge is 2.15. The van der Waals surface area contributed by atoms with Gasteiger partial charge in [0, 0.05) is 0 Å². The van der Waals surface area contributed by atoms with Gasteiger partial charge in [-0.05, 0) is 0 Å². The van der Waals surface area contributed by atoms with Crippen molar-refractivity contribution in [2.75, 3.05) is 12.4 Å². The van der Waals surface area contributed by atoms with E-state index in [-0.39, 0.29) is 17.5 Å². The summed E-state index contributed by atoms with van der Waals surface area (Å²) in [6.07, 6.45) is -0.0546. The Morgan fingerprint density at radius 2 is 2.18 bits per heavy atom. The third-order valence-corrected chi connectivity index (χ3v) is 1.71. The van der Waals surface area contributed by atoms with Crippen LogP contribution in [0.4, 0.5) is 0 Å². The van der Waals surface area contributed by atoms with Gasteiger partial charge in [-0.1, -0.05) is 15.9 Å². The molecule has 11 heavy (non-hydrogen) atoms. The molecule has 2 N–H and O–H groups in total. The van der Waals surface area contributed by atoms with Gasteiger partial charge in [0.15, 0.2) is 5.78 Å². The molecule has 0 aliphatic carbocycles. The Labute approximate surface area is 73.2 Å². The van der Waals surface area contributed by atoms with Crippen LogP contribution in [0, 0.1) is 0 Å². The number of carbonyl (C=O) groups is 2. The maximum Gasteiger partial charge on any atom is 0.307 e. The molecule has 0 heterocycles. The minimum atomic E-state index is -0.748. The first kappa shape index (κ1) is 10.6. The van der Waals surface area contributed by atoms with Crippen molar-refractivity contribution in [3.05, 3.63) is 0 Å². The molecule has 0 rings (SSSR count). The Kier molecular flexibility index (Phi) is 5.06. The van der Waals surface area contributed by atoms with Gasteiger partial charge < -0.3 is 10.5 Å². The molecule has 0 unspecified atom stereocenters. The van der Waals surface area contributed by atoms with Crippen molar-refractivity contribution in [2.45, 2.75) is 12.5 Å². The lowest BCUT2D eigenvalue weighted by Crippen LogP contribution is -2.34. The van der Waals surface area contributed by atoms with Gasteiger partial charge in [-0.3, -0.25) is 9.59 Å². The number of hydrogen-bond acceptors (Lipinski definition) is 4. The van der Waals surface area contributed by atoms with E-state index in [2.05, 4.69) is 20.7 Å². The second-order valence-corrected chi connectivity index (χ2v) is 2.55. The smallest absolute Gasteiger partial charge is 0.307 e. The number of ether oxygens (including phenoxy) is 1. The van der Waals surface area contributed by atoms with Crippen molar-refractivity contribution in [3.8, 4) is 0 Å². The summed E-state index contributed by atoms with van der Waals surface area (Å²) in [5.41, 5.74) is 5.32. The molecule has 0 saturated carbocycles. The number of alkyl halides is 1. The third-order valence-electron chi connectivity index (χ3n) is 1.16. The van der Waals surface area contributed by atoms with Gasteiger partial charge in [0.1, 0.15) is 0 Å². The Morgan fingerprint density at radius 1 is 1.64 bits per heavy atom. The summed E-state index contributed by atoms with van der Waals surface area (Å²) >= 11 is 2.95. The van der Waals surface area contributed by atoms with E-state index >= 15 is 0 Å². The standard InChI is InChI=1S/C6H10BrNO3/c1-11-6(10)2-4(8)5(9)3-7/h4H,2-3,8H2,1H3/t4-/m0/s1. The number of methoxy groups -OCH3 is 1. The lowest BCUT2D eigenvalue weighted by Gasteiger charge is -2.05. The molecular weight excluding hydrogens is 214 g/mol. The molecule has 0 saturated heterocycles. The van der Waals surface area contributed by atoms with Crippen molar-refractivity contribution >= 4 is 27.7 Å². The number of rotatable bonds is 4. The fraction of sp³-hybridized carbons (Fsp3) is 0.667. The lowest BCUT2D eigenvalue weighted by atomic mass is 10.1. The molecule has 0 radical (unpaired) electrons. The van der Waals surface area contributed by atoms with E-state index in [9.17, 15) is 9.59 Å². The number of ketones is 1. The van der Waals surface area contributed by atoms with E-state index in [0.717, 1.165) is 0 Å². The monoisotopic (exact) mass is 223 g/mol. The fourth-order valence-corrected chi connectivity index (χ4v) is 0.892. The number of halogens is 1. The van der Waals surface area contributed by atoms with E-state index in [1.54, 1.807) is 0 Å². The van der Waals surface area contributed by atoms with Gasteiger partial charge in [0.25, 0.3) is 0 Å². The first-order valence-corrected chi connectivity index (χ1v) is 4.15. The van der Waals surface area contributed by atoms with Gasteiger partial charge in [0.2, 0.25) is 0 Å². The molecule has 5 heteroatoms. The Hall–Kier alpha value is -0.420. The van der Waals surface area contributed by atoms with E-state index in [1.165, 1.54) is 7.11 Å². The van der Waals surface area contributed by atoms with Crippen molar-refractivity contribution in [1.29, 1.82) is 0 Å².